The Morgan fingerprint density at radius 2 is 1.85 bits per heavy atom. The molecule has 3 unspecified atom stereocenters. The number of ketones is 1. The summed E-state index contributed by atoms with van der Waals surface area (Å²) in [4.78, 5) is 12.5. The predicted molar refractivity (Wildman–Crippen MR) is 131 cm³/mol. The van der Waals surface area contributed by atoms with Crippen molar-refractivity contribution in [2.24, 2.45) is 17.3 Å². The number of benzene rings is 1. The van der Waals surface area contributed by atoms with Gasteiger partial charge in [-0.05, 0) is 96.9 Å². The van der Waals surface area contributed by atoms with Crippen LogP contribution in [0.4, 0.5) is 0 Å². The van der Waals surface area contributed by atoms with Crippen LogP contribution in [0.5, 0.6) is 0 Å². The maximum atomic E-state index is 12.2. The SMILES string of the molecule is C=C(C)[C@]1(O)CCC2C3CCC4=CC(=O)CCC4=C3[C@H](c3ccc(S(C)(=O)=O)cc3)OCC21C. The summed E-state index contributed by atoms with van der Waals surface area (Å²) < 4.78 is 30.7. The molecule has 1 aromatic rings. The Hall–Kier alpha value is -2.02. The van der Waals surface area contributed by atoms with Crippen LogP contribution >= 0.6 is 0 Å². The van der Waals surface area contributed by atoms with Gasteiger partial charge in [0, 0.05) is 18.1 Å². The second kappa shape index (κ2) is 8.00. The van der Waals surface area contributed by atoms with Gasteiger partial charge in [-0.25, -0.2) is 8.42 Å². The minimum absolute atomic E-state index is 0.184. The lowest BCUT2D eigenvalue weighted by Crippen LogP contribution is -2.49. The van der Waals surface area contributed by atoms with Crippen LogP contribution in [0.25, 0.3) is 0 Å². The van der Waals surface area contributed by atoms with Crippen LogP contribution in [-0.2, 0) is 19.4 Å². The van der Waals surface area contributed by atoms with Gasteiger partial charge in [0.05, 0.1) is 17.1 Å². The van der Waals surface area contributed by atoms with E-state index in [1.54, 1.807) is 12.1 Å². The average molecular weight is 483 g/mol. The van der Waals surface area contributed by atoms with Gasteiger partial charge in [0.1, 0.15) is 6.10 Å². The molecule has 5 rings (SSSR count). The van der Waals surface area contributed by atoms with E-state index in [1.165, 1.54) is 17.4 Å². The molecule has 1 heterocycles. The fourth-order valence-corrected chi connectivity index (χ4v) is 7.77. The number of ether oxygens (including phenoxy) is 1. The topological polar surface area (TPSA) is 80.7 Å². The molecule has 1 saturated carbocycles. The van der Waals surface area contributed by atoms with E-state index in [4.69, 9.17) is 4.74 Å². The van der Waals surface area contributed by atoms with Gasteiger partial charge in [0.25, 0.3) is 0 Å². The van der Waals surface area contributed by atoms with Crippen LogP contribution in [-0.4, -0.2) is 37.8 Å². The van der Waals surface area contributed by atoms with Crippen molar-refractivity contribution in [3.8, 4) is 0 Å². The predicted octanol–water partition coefficient (Wildman–Crippen LogP) is 4.88. The Bertz CT molecular complexity index is 1220. The van der Waals surface area contributed by atoms with E-state index in [0.29, 0.717) is 25.9 Å². The molecule has 3 aliphatic carbocycles. The maximum absolute atomic E-state index is 12.2. The van der Waals surface area contributed by atoms with Crippen LogP contribution in [0.3, 0.4) is 0 Å². The van der Waals surface area contributed by atoms with E-state index in [0.717, 1.165) is 36.0 Å². The highest BCUT2D eigenvalue weighted by atomic mass is 32.2. The van der Waals surface area contributed by atoms with Gasteiger partial charge < -0.3 is 9.84 Å². The third kappa shape index (κ3) is 3.49. The smallest absolute Gasteiger partial charge is 0.175 e. The van der Waals surface area contributed by atoms with E-state index in [1.807, 2.05) is 25.1 Å². The van der Waals surface area contributed by atoms with Crippen molar-refractivity contribution in [3.05, 3.63) is 64.8 Å². The molecule has 0 aromatic heterocycles. The highest BCUT2D eigenvalue weighted by molar-refractivity contribution is 7.90. The molecule has 6 heteroatoms. The number of hydrogen-bond donors (Lipinski definition) is 1. The standard InChI is InChI=1S/C28H34O5S/c1-17(2)28(30)14-13-24-23-11-7-19-15-20(29)8-12-22(19)25(23)26(33-16-27(24,28)3)18-5-9-21(10-6-18)34(4,31)32/h5-6,9-10,15,23-24,26,30H,1,7-8,11-14,16H2,2-4H3/t23?,24?,26-,27?,28+/m0/s1. The molecule has 0 spiro atoms. The first-order valence-corrected chi connectivity index (χ1v) is 14.1. The van der Waals surface area contributed by atoms with Gasteiger partial charge >= 0.3 is 0 Å². The number of allylic oxidation sites excluding steroid dienone is 3. The van der Waals surface area contributed by atoms with Crippen LogP contribution < -0.4 is 0 Å². The Morgan fingerprint density at radius 3 is 2.50 bits per heavy atom. The van der Waals surface area contributed by atoms with Gasteiger partial charge in [0.15, 0.2) is 15.6 Å². The Kier molecular flexibility index (Phi) is 5.58. The van der Waals surface area contributed by atoms with Gasteiger partial charge in [-0.1, -0.05) is 25.6 Å². The number of fused-ring (bicyclic) bond motifs is 4. The van der Waals surface area contributed by atoms with Crippen LogP contribution in [0.2, 0.25) is 0 Å². The highest BCUT2D eigenvalue weighted by Gasteiger charge is 2.61. The molecule has 0 amide bonds. The zero-order chi connectivity index (χ0) is 24.5. The molecule has 182 valence electrons. The monoisotopic (exact) mass is 482 g/mol. The Labute approximate surface area is 202 Å². The number of aliphatic hydroxyl groups is 1. The van der Waals surface area contributed by atoms with E-state index in [-0.39, 0.29) is 28.6 Å². The molecule has 1 aliphatic heterocycles. The zero-order valence-electron chi connectivity index (χ0n) is 20.3. The van der Waals surface area contributed by atoms with Gasteiger partial charge in [-0.2, -0.15) is 0 Å². The third-order valence-electron chi connectivity index (χ3n) is 9.03. The number of carbonyl (C=O) groups is 1. The summed E-state index contributed by atoms with van der Waals surface area (Å²) >= 11 is 0. The van der Waals surface area contributed by atoms with Crippen LogP contribution in [0.15, 0.2) is 64.1 Å². The van der Waals surface area contributed by atoms with Crippen molar-refractivity contribution >= 4 is 15.6 Å². The fraction of sp³-hybridized carbons (Fsp3) is 0.536. The van der Waals surface area contributed by atoms with E-state index < -0.39 is 20.9 Å². The highest BCUT2D eigenvalue weighted by Crippen LogP contribution is 2.63. The number of carbonyl (C=O) groups excluding carboxylic acids is 1. The first-order valence-electron chi connectivity index (χ1n) is 12.2. The molecule has 1 aromatic carbocycles. The lowest BCUT2D eigenvalue weighted by molar-refractivity contribution is -0.114. The number of rotatable bonds is 3. The first kappa shape index (κ1) is 23.7. The zero-order valence-corrected chi connectivity index (χ0v) is 21.1. The van der Waals surface area contributed by atoms with Crippen molar-refractivity contribution in [2.75, 3.05) is 12.9 Å². The molecule has 0 radical (unpaired) electrons. The van der Waals surface area contributed by atoms with Crippen LogP contribution in [0.1, 0.15) is 64.0 Å². The first-order chi connectivity index (χ1) is 16.0. The summed E-state index contributed by atoms with van der Waals surface area (Å²) in [6.45, 7) is 8.59. The van der Waals surface area contributed by atoms with Crippen molar-refractivity contribution in [1.29, 1.82) is 0 Å². The minimum atomic E-state index is -3.30. The molecule has 5 atom stereocenters. The van der Waals surface area contributed by atoms with E-state index in [9.17, 15) is 18.3 Å². The van der Waals surface area contributed by atoms with Crippen molar-refractivity contribution < 1.29 is 23.1 Å². The Morgan fingerprint density at radius 1 is 1.15 bits per heavy atom. The Balaban J connectivity index is 1.67. The summed E-state index contributed by atoms with van der Waals surface area (Å²) in [5.74, 6) is 0.667. The lowest BCUT2D eigenvalue weighted by atomic mass is 9.61. The second-order valence-corrected chi connectivity index (χ2v) is 13.0. The van der Waals surface area contributed by atoms with Gasteiger partial charge in [-0.3, -0.25) is 4.79 Å². The molecule has 0 bridgehead atoms. The van der Waals surface area contributed by atoms with E-state index >= 15 is 0 Å². The lowest BCUT2D eigenvalue weighted by Gasteiger charge is -2.45. The molecule has 2 fully saturated rings. The van der Waals surface area contributed by atoms with Crippen molar-refractivity contribution in [3.63, 3.8) is 0 Å². The quantitative estimate of drug-likeness (QED) is 0.621. The summed E-state index contributed by atoms with van der Waals surface area (Å²) in [6.07, 6.45) is 7.29. The molecular weight excluding hydrogens is 448 g/mol. The number of sulfone groups is 1. The summed E-state index contributed by atoms with van der Waals surface area (Å²) in [6, 6.07) is 7.00. The van der Waals surface area contributed by atoms with Crippen LogP contribution in [0, 0.1) is 17.3 Å². The second-order valence-electron chi connectivity index (χ2n) is 11.0. The maximum Gasteiger partial charge on any atom is 0.175 e. The molecular formula is C28H34O5S. The minimum Gasteiger partial charge on any atom is -0.385 e. The van der Waals surface area contributed by atoms with Crippen molar-refractivity contribution in [2.45, 2.75) is 69.0 Å². The average Bonchev–Trinajstić information content (AvgIpc) is 2.97. The summed E-state index contributed by atoms with van der Waals surface area (Å²) in [5, 5.41) is 11.8. The fourth-order valence-electron chi connectivity index (χ4n) is 7.14. The molecule has 1 N–H and O–H groups in total. The largest absolute Gasteiger partial charge is 0.385 e. The summed E-state index contributed by atoms with van der Waals surface area (Å²) in [5.41, 5.74) is 3.84. The normalized spacial score (nSPS) is 35.7. The molecule has 1 saturated heterocycles. The molecule has 4 aliphatic rings. The van der Waals surface area contributed by atoms with E-state index in [2.05, 4.69) is 13.5 Å². The third-order valence-corrected chi connectivity index (χ3v) is 10.2. The number of hydrogen-bond acceptors (Lipinski definition) is 5. The molecule has 34 heavy (non-hydrogen) atoms. The molecule has 5 nitrogen and oxygen atoms in total. The summed E-state index contributed by atoms with van der Waals surface area (Å²) in [7, 11) is -3.30. The van der Waals surface area contributed by atoms with Crippen molar-refractivity contribution in [1.82, 2.24) is 0 Å². The van der Waals surface area contributed by atoms with Gasteiger partial charge in [0.2, 0.25) is 0 Å². The van der Waals surface area contributed by atoms with Gasteiger partial charge in [-0.15, -0.1) is 0 Å².